The van der Waals surface area contributed by atoms with Crippen molar-refractivity contribution in [2.24, 2.45) is 5.41 Å². The van der Waals surface area contributed by atoms with E-state index in [0.29, 0.717) is 0 Å². The fraction of sp³-hybridized carbons (Fsp3) is 0.417. The highest BCUT2D eigenvalue weighted by Crippen LogP contribution is 2.36. The molecule has 0 saturated heterocycles. The topological polar surface area (TPSA) is 46.5 Å². The van der Waals surface area contributed by atoms with Gasteiger partial charge in [0, 0.05) is 5.56 Å². The van der Waals surface area contributed by atoms with Gasteiger partial charge in [-0.05, 0) is 42.3 Å². The summed E-state index contributed by atoms with van der Waals surface area (Å²) in [7, 11) is 1.31. The quantitative estimate of drug-likeness (QED) is 0.864. The van der Waals surface area contributed by atoms with E-state index in [-0.39, 0.29) is 22.2 Å². The second-order valence-electron chi connectivity index (χ2n) is 4.53. The number of hydrogen-bond donors (Lipinski definition) is 1. The monoisotopic (exact) mass is 322 g/mol. The van der Waals surface area contributed by atoms with Gasteiger partial charge < -0.3 is 9.84 Å². The first-order valence-corrected chi connectivity index (χ1v) is 5.93. The number of hydrogen-bond acceptors (Lipinski definition) is 2. The predicted octanol–water partition coefficient (Wildman–Crippen LogP) is 3.39. The molecule has 0 fully saturated rings. The Kier molecular flexibility index (Phi) is 4.32. The molecular formula is C12H13BrF2O3. The SMILES string of the molecule is COc1c(Br)cc(F)c(F)c1CC(C)(C)C(=O)O. The predicted molar refractivity (Wildman–Crippen MR) is 65.7 cm³/mol. The minimum Gasteiger partial charge on any atom is -0.495 e. The summed E-state index contributed by atoms with van der Waals surface area (Å²) in [5.41, 5.74) is -1.31. The van der Waals surface area contributed by atoms with Crippen molar-refractivity contribution in [1.29, 1.82) is 0 Å². The molecule has 0 radical (unpaired) electrons. The van der Waals surface area contributed by atoms with Crippen molar-refractivity contribution < 1.29 is 23.4 Å². The Labute approximate surface area is 112 Å². The fourth-order valence-electron chi connectivity index (χ4n) is 1.52. The number of carbonyl (C=O) groups is 1. The van der Waals surface area contributed by atoms with E-state index in [4.69, 9.17) is 9.84 Å². The van der Waals surface area contributed by atoms with Crippen LogP contribution in [-0.4, -0.2) is 18.2 Å². The van der Waals surface area contributed by atoms with Crippen molar-refractivity contribution in [3.63, 3.8) is 0 Å². The lowest BCUT2D eigenvalue weighted by Gasteiger charge is -2.21. The van der Waals surface area contributed by atoms with E-state index in [9.17, 15) is 13.6 Å². The Bertz CT molecular complexity index is 487. The van der Waals surface area contributed by atoms with E-state index in [1.165, 1.54) is 21.0 Å². The van der Waals surface area contributed by atoms with Gasteiger partial charge in [-0.2, -0.15) is 0 Å². The minimum absolute atomic E-state index is 0.0863. The third-order valence-corrected chi connectivity index (χ3v) is 3.21. The zero-order valence-electron chi connectivity index (χ0n) is 10.2. The summed E-state index contributed by atoms with van der Waals surface area (Å²) in [4.78, 5) is 11.0. The first-order valence-electron chi connectivity index (χ1n) is 5.14. The van der Waals surface area contributed by atoms with E-state index in [1.54, 1.807) is 0 Å². The van der Waals surface area contributed by atoms with Crippen molar-refractivity contribution >= 4 is 21.9 Å². The second kappa shape index (κ2) is 5.22. The number of halogens is 3. The molecular weight excluding hydrogens is 310 g/mol. The highest BCUT2D eigenvalue weighted by molar-refractivity contribution is 9.10. The molecule has 0 amide bonds. The van der Waals surface area contributed by atoms with E-state index in [2.05, 4.69) is 15.9 Å². The summed E-state index contributed by atoms with van der Waals surface area (Å²) >= 11 is 3.06. The molecule has 0 aliphatic heterocycles. The van der Waals surface area contributed by atoms with Gasteiger partial charge >= 0.3 is 5.97 Å². The maximum absolute atomic E-state index is 13.8. The third kappa shape index (κ3) is 2.80. The molecule has 1 aromatic carbocycles. The van der Waals surface area contributed by atoms with Crippen molar-refractivity contribution in [2.45, 2.75) is 20.3 Å². The third-order valence-electron chi connectivity index (χ3n) is 2.62. The zero-order valence-corrected chi connectivity index (χ0v) is 11.8. The van der Waals surface area contributed by atoms with Crippen LogP contribution >= 0.6 is 15.9 Å². The molecule has 1 rings (SSSR count). The first kappa shape index (κ1) is 14.9. The number of methoxy groups -OCH3 is 1. The van der Waals surface area contributed by atoms with Crippen molar-refractivity contribution in [3.8, 4) is 5.75 Å². The number of carboxylic acids is 1. The van der Waals surface area contributed by atoms with Crippen molar-refractivity contribution in [2.75, 3.05) is 7.11 Å². The van der Waals surface area contributed by atoms with Crippen molar-refractivity contribution in [3.05, 3.63) is 27.7 Å². The van der Waals surface area contributed by atoms with Crippen LogP contribution < -0.4 is 4.74 Å². The summed E-state index contributed by atoms with van der Waals surface area (Å²) in [5, 5.41) is 9.03. The molecule has 0 heterocycles. The van der Waals surface area contributed by atoms with Gasteiger partial charge in [-0.15, -0.1) is 0 Å². The molecule has 3 nitrogen and oxygen atoms in total. The lowest BCUT2D eigenvalue weighted by Crippen LogP contribution is -2.27. The van der Waals surface area contributed by atoms with E-state index in [0.717, 1.165) is 6.07 Å². The van der Waals surface area contributed by atoms with E-state index in [1.807, 2.05) is 0 Å². The lowest BCUT2D eigenvalue weighted by molar-refractivity contribution is -0.146. The smallest absolute Gasteiger partial charge is 0.309 e. The Hall–Kier alpha value is -1.17. The number of ether oxygens (including phenoxy) is 1. The standard InChI is InChI=1S/C12H13BrF2O3/c1-12(2,11(16)17)5-6-9(15)8(14)4-7(13)10(6)18-3/h4H,5H2,1-3H3,(H,16,17). The normalized spacial score (nSPS) is 11.4. The Morgan fingerprint density at radius 1 is 1.50 bits per heavy atom. The fourth-order valence-corrected chi connectivity index (χ4v) is 2.13. The average molecular weight is 323 g/mol. The van der Waals surface area contributed by atoms with Gasteiger partial charge in [0.05, 0.1) is 17.0 Å². The van der Waals surface area contributed by atoms with Gasteiger partial charge in [-0.3, -0.25) is 4.79 Å². The van der Waals surface area contributed by atoms with Crippen LogP contribution in [0.25, 0.3) is 0 Å². The van der Waals surface area contributed by atoms with Crippen LogP contribution in [0.1, 0.15) is 19.4 Å². The molecule has 100 valence electrons. The van der Waals surface area contributed by atoms with Crippen LogP contribution in [0.5, 0.6) is 5.75 Å². The molecule has 1 aromatic rings. The molecule has 0 unspecified atom stereocenters. The summed E-state index contributed by atoms with van der Waals surface area (Å²) in [5.74, 6) is -3.10. The van der Waals surface area contributed by atoms with Gasteiger partial charge in [0.2, 0.25) is 0 Å². The van der Waals surface area contributed by atoms with Gasteiger partial charge in [0.1, 0.15) is 5.75 Å². The number of carboxylic acid groups (broad SMARTS) is 1. The van der Waals surface area contributed by atoms with Crippen LogP contribution in [-0.2, 0) is 11.2 Å². The van der Waals surface area contributed by atoms with E-state index >= 15 is 0 Å². The number of rotatable bonds is 4. The Balaban J connectivity index is 3.35. The summed E-state index contributed by atoms with van der Waals surface area (Å²) in [6.45, 7) is 2.88. The molecule has 0 spiro atoms. The maximum atomic E-state index is 13.8. The second-order valence-corrected chi connectivity index (χ2v) is 5.39. The Morgan fingerprint density at radius 3 is 2.50 bits per heavy atom. The molecule has 0 aliphatic rings. The molecule has 1 N–H and O–H groups in total. The molecule has 6 heteroatoms. The van der Waals surface area contributed by atoms with Crippen molar-refractivity contribution in [1.82, 2.24) is 0 Å². The molecule has 0 aromatic heterocycles. The van der Waals surface area contributed by atoms with Crippen LogP contribution in [0, 0.1) is 17.0 Å². The molecule has 0 bridgehead atoms. The van der Waals surface area contributed by atoms with Crippen LogP contribution in [0.3, 0.4) is 0 Å². The largest absolute Gasteiger partial charge is 0.495 e. The van der Waals surface area contributed by atoms with Crippen LogP contribution in [0.15, 0.2) is 10.5 Å². The minimum atomic E-state index is -1.22. The lowest BCUT2D eigenvalue weighted by atomic mass is 9.85. The van der Waals surface area contributed by atoms with Gasteiger partial charge in [0.15, 0.2) is 11.6 Å². The Morgan fingerprint density at radius 2 is 2.06 bits per heavy atom. The molecule has 0 aliphatic carbocycles. The van der Waals surface area contributed by atoms with Gasteiger partial charge in [0.25, 0.3) is 0 Å². The van der Waals surface area contributed by atoms with Crippen LogP contribution in [0.2, 0.25) is 0 Å². The first-order chi connectivity index (χ1) is 8.20. The molecule has 0 saturated carbocycles. The highest BCUT2D eigenvalue weighted by atomic mass is 79.9. The zero-order chi connectivity index (χ0) is 14.1. The summed E-state index contributed by atoms with van der Waals surface area (Å²) < 4.78 is 32.3. The van der Waals surface area contributed by atoms with E-state index < -0.39 is 23.0 Å². The number of aliphatic carboxylic acids is 1. The van der Waals surface area contributed by atoms with Crippen LogP contribution in [0.4, 0.5) is 8.78 Å². The molecule has 18 heavy (non-hydrogen) atoms. The molecule has 0 atom stereocenters. The summed E-state index contributed by atoms with van der Waals surface area (Å²) in [6, 6.07) is 0.950. The summed E-state index contributed by atoms with van der Waals surface area (Å²) in [6.07, 6.45) is -0.173. The highest BCUT2D eigenvalue weighted by Gasteiger charge is 2.31. The number of benzene rings is 1. The average Bonchev–Trinajstić information content (AvgIpc) is 2.25. The van der Waals surface area contributed by atoms with Gasteiger partial charge in [-0.25, -0.2) is 8.78 Å². The maximum Gasteiger partial charge on any atom is 0.309 e. The van der Waals surface area contributed by atoms with Gasteiger partial charge in [-0.1, -0.05) is 0 Å².